The van der Waals surface area contributed by atoms with Crippen LogP contribution in [0.5, 0.6) is 0 Å². The third-order valence-corrected chi connectivity index (χ3v) is 3.75. The summed E-state index contributed by atoms with van der Waals surface area (Å²) in [5.74, 6) is 0.00334. The van der Waals surface area contributed by atoms with Crippen molar-refractivity contribution in [2.24, 2.45) is 0 Å². The summed E-state index contributed by atoms with van der Waals surface area (Å²) in [6.07, 6.45) is 0.439. The first-order chi connectivity index (χ1) is 7.94. The maximum atomic E-state index is 11.6. The highest BCUT2D eigenvalue weighted by atomic mass is 35.5. The summed E-state index contributed by atoms with van der Waals surface area (Å²) in [4.78, 5) is 0. The van der Waals surface area contributed by atoms with Crippen LogP contribution in [0.2, 0.25) is 5.02 Å². The monoisotopic (exact) mass is 278 g/mol. The second-order valence-electron chi connectivity index (χ2n) is 3.50. The normalized spacial score (nSPS) is 11.4. The number of rotatable bonds is 6. The number of nitrogen functional groups attached to an aromatic ring is 1. The second kappa shape index (κ2) is 6.09. The average molecular weight is 279 g/mol. The second-order valence-corrected chi connectivity index (χ2v) is 5.75. The quantitative estimate of drug-likeness (QED) is 0.613. The Balaban J connectivity index is 2.66. The Kier molecular flexibility index (Phi) is 5.04. The van der Waals surface area contributed by atoms with Crippen LogP contribution in [-0.2, 0) is 14.8 Å². The molecule has 0 heterocycles. The van der Waals surface area contributed by atoms with E-state index in [4.69, 9.17) is 22.1 Å². The van der Waals surface area contributed by atoms with Crippen molar-refractivity contribution in [1.82, 2.24) is 0 Å². The Morgan fingerprint density at radius 2 is 2.18 bits per heavy atom. The number of nitrogens with two attached hydrogens (primary N) is 1. The third kappa shape index (κ3) is 4.80. The number of methoxy groups -OCH3 is 1. The number of hydrogen-bond acceptors (Lipinski definition) is 4. The largest absolute Gasteiger partial charge is 0.397 e. The minimum absolute atomic E-state index is 0.00334. The zero-order valence-corrected chi connectivity index (χ0v) is 11.0. The predicted octanol–water partition coefficient (Wildman–Crippen LogP) is 1.70. The van der Waals surface area contributed by atoms with Gasteiger partial charge in [0.2, 0.25) is 10.0 Å². The van der Waals surface area contributed by atoms with E-state index in [1.54, 1.807) is 12.1 Å². The Labute approximate surface area is 106 Å². The Morgan fingerprint density at radius 1 is 1.47 bits per heavy atom. The van der Waals surface area contributed by atoms with Gasteiger partial charge in [0.1, 0.15) is 0 Å². The van der Waals surface area contributed by atoms with Crippen molar-refractivity contribution < 1.29 is 13.2 Å². The fourth-order valence-electron chi connectivity index (χ4n) is 1.23. The summed E-state index contributed by atoms with van der Waals surface area (Å²) in [5, 5.41) is 0.396. The van der Waals surface area contributed by atoms with Gasteiger partial charge in [-0.15, -0.1) is 0 Å². The van der Waals surface area contributed by atoms with E-state index in [9.17, 15) is 8.42 Å². The molecule has 0 spiro atoms. The molecule has 0 aliphatic carbocycles. The minimum atomic E-state index is -3.37. The van der Waals surface area contributed by atoms with Gasteiger partial charge in [0.25, 0.3) is 0 Å². The number of halogens is 1. The molecule has 0 saturated carbocycles. The lowest BCUT2D eigenvalue weighted by molar-refractivity contribution is 0.199. The molecule has 5 nitrogen and oxygen atoms in total. The number of benzene rings is 1. The van der Waals surface area contributed by atoms with Crippen LogP contribution in [0, 0.1) is 0 Å². The van der Waals surface area contributed by atoms with Gasteiger partial charge in [-0.05, 0) is 24.6 Å². The van der Waals surface area contributed by atoms with Crippen LogP contribution in [0.1, 0.15) is 6.42 Å². The standard InChI is InChI=1S/C10H15ClN2O3S/c1-16-5-2-6-17(14,15)13-8-3-4-9(11)10(12)7-8/h3-4,7,13H,2,5-6,12H2,1H3. The van der Waals surface area contributed by atoms with Crippen molar-refractivity contribution in [2.45, 2.75) is 6.42 Å². The lowest BCUT2D eigenvalue weighted by Crippen LogP contribution is -2.17. The van der Waals surface area contributed by atoms with E-state index in [0.29, 0.717) is 29.4 Å². The summed E-state index contributed by atoms with van der Waals surface area (Å²) in [6, 6.07) is 4.59. The summed E-state index contributed by atoms with van der Waals surface area (Å²) in [5.41, 5.74) is 6.32. The van der Waals surface area contributed by atoms with Crippen molar-refractivity contribution >= 4 is 33.0 Å². The van der Waals surface area contributed by atoms with E-state index in [2.05, 4.69) is 4.72 Å². The Hall–Kier alpha value is -0.980. The molecule has 1 aromatic rings. The van der Waals surface area contributed by atoms with E-state index >= 15 is 0 Å². The van der Waals surface area contributed by atoms with Gasteiger partial charge in [-0.2, -0.15) is 0 Å². The zero-order chi connectivity index (χ0) is 12.9. The van der Waals surface area contributed by atoms with E-state index in [1.165, 1.54) is 13.2 Å². The molecule has 0 saturated heterocycles. The lowest BCUT2D eigenvalue weighted by Gasteiger charge is -2.08. The molecule has 3 N–H and O–H groups in total. The van der Waals surface area contributed by atoms with Gasteiger partial charge in [-0.1, -0.05) is 11.6 Å². The van der Waals surface area contributed by atoms with Crippen LogP contribution in [0.3, 0.4) is 0 Å². The Bertz CT molecular complexity index is 476. The maximum Gasteiger partial charge on any atom is 0.232 e. The van der Waals surface area contributed by atoms with Gasteiger partial charge in [0, 0.05) is 13.7 Å². The van der Waals surface area contributed by atoms with Crippen LogP contribution in [0.25, 0.3) is 0 Å². The van der Waals surface area contributed by atoms with Crippen molar-refractivity contribution in [3.63, 3.8) is 0 Å². The van der Waals surface area contributed by atoms with Crippen LogP contribution >= 0.6 is 11.6 Å². The number of ether oxygens (including phenoxy) is 1. The highest BCUT2D eigenvalue weighted by molar-refractivity contribution is 7.92. The van der Waals surface area contributed by atoms with Crippen molar-refractivity contribution in [3.05, 3.63) is 23.2 Å². The highest BCUT2D eigenvalue weighted by Gasteiger charge is 2.10. The molecule has 0 fully saturated rings. The highest BCUT2D eigenvalue weighted by Crippen LogP contribution is 2.23. The first-order valence-corrected chi connectivity index (χ1v) is 7.02. The molecule has 0 unspecified atom stereocenters. The molecule has 0 atom stereocenters. The van der Waals surface area contributed by atoms with Crippen LogP contribution in [0.15, 0.2) is 18.2 Å². The first-order valence-electron chi connectivity index (χ1n) is 4.99. The molecule has 0 aliphatic heterocycles. The van der Waals surface area contributed by atoms with Crippen molar-refractivity contribution in [2.75, 3.05) is 29.9 Å². The van der Waals surface area contributed by atoms with Gasteiger partial charge < -0.3 is 10.5 Å². The first kappa shape index (κ1) is 14.1. The van der Waals surface area contributed by atoms with E-state index in [1.807, 2.05) is 0 Å². The molecule has 96 valence electrons. The molecule has 0 aliphatic rings. The number of anilines is 2. The van der Waals surface area contributed by atoms with Gasteiger partial charge in [-0.25, -0.2) is 8.42 Å². The molecule has 0 radical (unpaired) electrons. The van der Waals surface area contributed by atoms with Gasteiger partial charge >= 0.3 is 0 Å². The number of sulfonamides is 1. The van der Waals surface area contributed by atoms with E-state index in [-0.39, 0.29) is 5.75 Å². The maximum absolute atomic E-state index is 11.6. The summed E-state index contributed by atoms with van der Waals surface area (Å²) in [7, 11) is -1.84. The topological polar surface area (TPSA) is 81.4 Å². The third-order valence-electron chi connectivity index (χ3n) is 2.03. The predicted molar refractivity (Wildman–Crippen MR) is 69.8 cm³/mol. The van der Waals surface area contributed by atoms with Crippen LogP contribution in [-0.4, -0.2) is 27.9 Å². The molecule has 0 bridgehead atoms. The van der Waals surface area contributed by atoms with Crippen molar-refractivity contribution in [1.29, 1.82) is 0 Å². The molecule has 17 heavy (non-hydrogen) atoms. The summed E-state index contributed by atoms with van der Waals surface area (Å²) in [6.45, 7) is 0.406. The zero-order valence-electron chi connectivity index (χ0n) is 9.44. The number of nitrogens with one attached hydrogen (secondary N) is 1. The van der Waals surface area contributed by atoms with Gasteiger partial charge in [0.05, 0.1) is 22.2 Å². The van der Waals surface area contributed by atoms with Crippen LogP contribution in [0.4, 0.5) is 11.4 Å². The molecular formula is C10H15ClN2O3S. The molecule has 0 aromatic heterocycles. The molecule has 0 amide bonds. The Morgan fingerprint density at radius 3 is 2.76 bits per heavy atom. The smallest absolute Gasteiger partial charge is 0.232 e. The molecule has 7 heteroatoms. The van der Waals surface area contributed by atoms with E-state index in [0.717, 1.165) is 0 Å². The van der Waals surface area contributed by atoms with Crippen molar-refractivity contribution in [3.8, 4) is 0 Å². The molecule has 1 rings (SSSR count). The molecular weight excluding hydrogens is 264 g/mol. The lowest BCUT2D eigenvalue weighted by atomic mass is 10.3. The fourth-order valence-corrected chi connectivity index (χ4v) is 2.43. The number of hydrogen-bond donors (Lipinski definition) is 2. The average Bonchev–Trinajstić information content (AvgIpc) is 2.23. The van der Waals surface area contributed by atoms with Crippen LogP contribution < -0.4 is 10.5 Å². The SMILES string of the molecule is COCCCS(=O)(=O)Nc1ccc(Cl)c(N)c1. The molecule has 1 aromatic carbocycles. The summed E-state index contributed by atoms with van der Waals surface area (Å²) >= 11 is 5.74. The fraction of sp³-hybridized carbons (Fsp3) is 0.400. The van der Waals surface area contributed by atoms with Gasteiger partial charge in [0.15, 0.2) is 0 Å². The van der Waals surface area contributed by atoms with Gasteiger partial charge in [-0.3, -0.25) is 4.72 Å². The summed E-state index contributed by atoms with van der Waals surface area (Å²) < 4.78 is 30.5. The minimum Gasteiger partial charge on any atom is -0.397 e. The van der Waals surface area contributed by atoms with E-state index < -0.39 is 10.0 Å².